The molecular weight excluding hydrogens is 467 g/mol. The highest BCUT2D eigenvalue weighted by Crippen LogP contribution is 2.36. The van der Waals surface area contributed by atoms with Gasteiger partial charge in [0.05, 0.1) is 11.3 Å². The molecule has 3 rings (SSSR count). The van der Waals surface area contributed by atoms with Crippen LogP contribution in [-0.2, 0) is 10.0 Å². The number of rotatable bonds is 7. The highest BCUT2D eigenvalue weighted by atomic mass is 35.5. The van der Waals surface area contributed by atoms with E-state index in [-0.39, 0.29) is 22.2 Å². The zero-order chi connectivity index (χ0) is 23.5. The van der Waals surface area contributed by atoms with Crippen LogP contribution in [0.15, 0.2) is 54.7 Å². The van der Waals surface area contributed by atoms with E-state index >= 15 is 0 Å². The van der Waals surface area contributed by atoms with Gasteiger partial charge in [-0.15, -0.1) is 0 Å². The third kappa shape index (κ3) is 5.12. The van der Waals surface area contributed by atoms with Crippen LogP contribution in [0.4, 0.5) is 18.9 Å². The van der Waals surface area contributed by atoms with E-state index in [2.05, 4.69) is 4.98 Å². The third-order valence-electron chi connectivity index (χ3n) is 4.44. The molecule has 2 aromatic carbocycles. The molecule has 0 saturated heterocycles. The Balaban J connectivity index is 2.08. The van der Waals surface area contributed by atoms with E-state index in [0.717, 1.165) is 0 Å². The average Bonchev–Trinajstić information content (AvgIpc) is 2.75. The van der Waals surface area contributed by atoms with Crippen molar-refractivity contribution < 1.29 is 26.3 Å². The summed E-state index contributed by atoms with van der Waals surface area (Å²) < 4.78 is 70.1. The lowest BCUT2D eigenvalue weighted by Gasteiger charge is -2.20. The van der Waals surface area contributed by atoms with E-state index in [1.165, 1.54) is 54.7 Å². The van der Waals surface area contributed by atoms with Gasteiger partial charge in [-0.2, -0.15) is 14.0 Å². The van der Waals surface area contributed by atoms with Gasteiger partial charge >= 0.3 is 5.76 Å². The number of nitrogens with one attached hydrogen (secondary N) is 1. The summed E-state index contributed by atoms with van der Waals surface area (Å²) >= 11 is 5.98. The predicted molar refractivity (Wildman–Crippen MR) is 113 cm³/mol. The van der Waals surface area contributed by atoms with Gasteiger partial charge in [0.25, 0.3) is 10.0 Å². The molecule has 0 fully saturated rings. The van der Waals surface area contributed by atoms with Gasteiger partial charge in [0.15, 0.2) is 0 Å². The zero-order valence-corrected chi connectivity index (χ0v) is 18.0. The number of anilines is 1. The lowest BCUT2D eigenvalue weighted by atomic mass is 10.0. The molecule has 11 heteroatoms. The van der Waals surface area contributed by atoms with E-state index in [1.807, 2.05) is 6.07 Å². The van der Waals surface area contributed by atoms with Crippen LogP contribution < -0.4 is 9.46 Å². The Bertz CT molecular complexity index is 1280. The molecule has 1 heterocycles. The topological polar surface area (TPSA) is 92.1 Å². The maximum atomic E-state index is 13.2. The minimum atomic E-state index is -4.97. The Morgan fingerprint density at radius 1 is 1.16 bits per heavy atom. The van der Waals surface area contributed by atoms with E-state index in [0.29, 0.717) is 16.7 Å². The second-order valence-corrected chi connectivity index (χ2v) is 8.57. The first-order chi connectivity index (χ1) is 15.1. The average molecular weight is 482 g/mol. The highest BCUT2D eigenvalue weighted by molar-refractivity contribution is 7.93. The fourth-order valence-electron chi connectivity index (χ4n) is 2.84. The first-order valence-corrected chi connectivity index (χ1v) is 11.0. The van der Waals surface area contributed by atoms with E-state index in [4.69, 9.17) is 16.3 Å². The molecule has 0 bridgehead atoms. The molecule has 0 amide bonds. The minimum absolute atomic E-state index is 0.0328. The first kappa shape index (κ1) is 23.4. The lowest BCUT2D eigenvalue weighted by molar-refractivity contribution is 0.228. The lowest BCUT2D eigenvalue weighted by Crippen LogP contribution is -2.21. The fraction of sp³-hybridized carbons (Fsp3) is 0.143. The number of aromatic nitrogens is 1. The number of nitriles is 1. The Morgan fingerprint density at radius 3 is 2.47 bits per heavy atom. The molecular formula is C21H15ClF3N3O3S. The summed E-state index contributed by atoms with van der Waals surface area (Å²) in [6.07, 6.45) is 0.685. The smallest absolute Gasteiger partial charge is 0.355 e. The van der Waals surface area contributed by atoms with Crippen molar-refractivity contribution in [3.8, 4) is 22.9 Å². The van der Waals surface area contributed by atoms with Crippen LogP contribution in [0.2, 0.25) is 5.15 Å². The van der Waals surface area contributed by atoms with Crippen LogP contribution in [0.3, 0.4) is 0 Å². The number of nitrogens with zero attached hydrogens (tertiary/aromatic N) is 2. The van der Waals surface area contributed by atoms with Crippen LogP contribution in [0.5, 0.6) is 5.75 Å². The molecule has 6 nitrogen and oxygen atoms in total. The molecule has 0 saturated carbocycles. The van der Waals surface area contributed by atoms with Gasteiger partial charge in [-0.3, -0.25) is 4.72 Å². The molecule has 0 aliphatic rings. The number of hydrogen-bond donors (Lipinski definition) is 1. The number of alkyl halides is 2. The quantitative estimate of drug-likeness (QED) is 0.449. The van der Waals surface area contributed by atoms with Gasteiger partial charge in [-0.05, 0) is 48.4 Å². The van der Waals surface area contributed by atoms with Crippen molar-refractivity contribution in [1.29, 1.82) is 5.26 Å². The summed E-state index contributed by atoms with van der Waals surface area (Å²) in [6.45, 7) is 1.62. The standard InChI is InChI=1S/C21H15ClF3N3O3S/c1-12(13-2-5-15(23)6-3-13)31-19-10-14(16-8-9-27-20(22)17(16)11-26)4-7-18(19)28-32(29,30)21(24)25/h2-10,12,21,28H,1H3/t12-/m0/s1. The molecule has 0 spiro atoms. The summed E-state index contributed by atoms with van der Waals surface area (Å²) in [5.41, 5.74) is 1.20. The van der Waals surface area contributed by atoms with Crippen molar-refractivity contribution in [3.63, 3.8) is 0 Å². The van der Waals surface area contributed by atoms with E-state index in [1.54, 1.807) is 11.6 Å². The second kappa shape index (κ2) is 9.46. The van der Waals surface area contributed by atoms with Crippen LogP contribution in [0.25, 0.3) is 11.1 Å². The summed E-state index contributed by atoms with van der Waals surface area (Å²) in [5.74, 6) is -4.19. The van der Waals surface area contributed by atoms with E-state index < -0.39 is 27.7 Å². The van der Waals surface area contributed by atoms with Gasteiger partial charge in [0, 0.05) is 11.8 Å². The maximum absolute atomic E-state index is 13.2. The SMILES string of the molecule is C[C@H](Oc1cc(-c2ccnc(Cl)c2C#N)ccc1NS(=O)(=O)C(F)F)c1ccc(F)cc1. The zero-order valence-electron chi connectivity index (χ0n) is 16.4. The Morgan fingerprint density at radius 2 is 1.84 bits per heavy atom. The minimum Gasteiger partial charge on any atom is -0.484 e. The Hall–Kier alpha value is -3.29. The normalized spacial score (nSPS) is 12.3. The second-order valence-electron chi connectivity index (χ2n) is 6.57. The number of sulfonamides is 1. The number of benzene rings is 2. The first-order valence-electron chi connectivity index (χ1n) is 9.03. The summed E-state index contributed by atoms with van der Waals surface area (Å²) in [7, 11) is -4.97. The van der Waals surface area contributed by atoms with Crippen molar-refractivity contribution in [2.75, 3.05) is 4.72 Å². The van der Waals surface area contributed by atoms with Crippen molar-refractivity contribution in [1.82, 2.24) is 4.98 Å². The molecule has 0 aliphatic carbocycles. The number of halogens is 4. The van der Waals surface area contributed by atoms with Crippen LogP contribution in [-0.4, -0.2) is 19.2 Å². The molecule has 1 atom stereocenters. The molecule has 0 radical (unpaired) electrons. The third-order valence-corrected chi connectivity index (χ3v) is 5.70. The molecule has 1 aromatic heterocycles. The van der Waals surface area contributed by atoms with Gasteiger partial charge < -0.3 is 4.74 Å². The molecule has 1 N–H and O–H groups in total. The largest absolute Gasteiger partial charge is 0.484 e. The summed E-state index contributed by atoms with van der Waals surface area (Å²) in [5, 5.41) is 9.37. The van der Waals surface area contributed by atoms with Gasteiger partial charge in [-0.1, -0.05) is 29.8 Å². The number of hydrogen-bond acceptors (Lipinski definition) is 5. The van der Waals surface area contributed by atoms with Crippen molar-refractivity contribution in [2.24, 2.45) is 0 Å². The summed E-state index contributed by atoms with van der Waals surface area (Å²) in [4.78, 5) is 3.85. The van der Waals surface area contributed by atoms with Crippen molar-refractivity contribution in [3.05, 3.63) is 76.8 Å². The molecule has 3 aromatic rings. The molecule has 32 heavy (non-hydrogen) atoms. The monoisotopic (exact) mass is 481 g/mol. The Labute approximate surface area is 187 Å². The van der Waals surface area contributed by atoms with Gasteiger partial charge in [0.2, 0.25) is 0 Å². The van der Waals surface area contributed by atoms with Crippen LogP contribution in [0.1, 0.15) is 24.2 Å². The van der Waals surface area contributed by atoms with Crippen LogP contribution >= 0.6 is 11.6 Å². The molecule has 0 aliphatic heterocycles. The molecule has 0 unspecified atom stereocenters. The van der Waals surface area contributed by atoms with Gasteiger partial charge in [0.1, 0.15) is 28.9 Å². The highest BCUT2D eigenvalue weighted by Gasteiger charge is 2.26. The molecule has 166 valence electrons. The van der Waals surface area contributed by atoms with Crippen LogP contribution in [0, 0.1) is 17.1 Å². The Kier molecular flexibility index (Phi) is 6.91. The van der Waals surface area contributed by atoms with Gasteiger partial charge in [-0.25, -0.2) is 17.8 Å². The van der Waals surface area contributed by atoms with Crippen molar-refractivity contribution in [2.45, 2.75) is 18.8 Å². The maximum Gasteiger partial charge on any atom is 0.355 e. The summed E-state index contributed by atoms with van der Waals surface area (Å²) in [6, 6.07) is 12.9. The number of pyridine rings is 1. The van der Waals surface area contributed by atoms with E-state index in [9.17, 15) is 26.9 Å². The number of ether oxygens (including phenoxy) is 1. The van der Waals surface area contributed by atoms with Crippen molar-refractivity contribution >= 4 is 27.3 Å². The fourth-order valence-corrected chi connectivity index (χ4v) is 3.61. The predicted octanol–water partition coefficient (Wildman–Crippen LogP) is 5.52.